The predicted molar refractivity (Wildman–Crippen MR) is 119 cm³/mol. The summed E-state index contributed by atoms with van der Waals surface area (Å²) in [5.41, 5.74) is 0.448. The molecule has 0 unspecified atom stereocenters. The van der Waals surface area contributed by atoms with E-state index in [1.54, 1.807) is 18.2 Å². The first-order chi connectivity index (χ1) is 15.7. The summed E-state index contributed by atoms with van der Waals surface area (Å²) in [6.07, 6.45) is 1.95. The second-order valence-corrected chi connectivity index (χ2v) is 9.30. The van der Waals surface area contributed by atoms with Gasteiger partial charge >= 0.3 is 0 Å². The van der Waals surface area contributed by atoms with Crippen LogP contribution in [0.1, 0.15) is 64.2 Å². The van der Waals surface area contributed by atoms with Crippen molar-refractivity contribution in [1.29, 1.82) is 0 Å². The van der Waals surface area contributed by atoms with Crippen molar-refractivity contribution in [2.24, 2.45) is 0 Å². The zero-order chi connectivity index (χ0) is 23.5. The van der Waals surface area contributed by atoms with Crippen LogP contribution in [-0.2, 0) is 0 Å². The molecule has 4 rings (SSSR count). The molecule has 2 aromatic rings. The highest BCUT2D eigenvalue weighted by atomic mass is 35.5. The lowest BCUT2D eigenvalue weighted by molar-refractivity contribution is -0.0361. The first-order valence-electron chi connectivity index (χ1n) is 11.4. The largest absolute Gasteiger partial charge is 0.351 e. The molecule has 0 atom stereocenters. The van der Waals surface area contributed by atoms with Crippen LogP contribution in [0.15, 0.2) is 18.2 Å². The first-order valence-corrected chi connectivity index (χ1v) is 11.7. The number of nitrogens with one attached hydrogen (secondary N) is 2. The number of aromatic nitrogens is 4. The molecule has 2 aliphatic rings. The fourth-order valence-electron chi connectivity index (χ4n) is 4.33. The van der Waals surface area contributed by atoms with Crippen molar-refractivity contribution in [1.82, 2.24) is 19.9 Å². The second kappa shape index (κ2) is 9.95. The van der Waals surface area contributed by atoms with E-state index in [9.17, 15) is 17.6 Å². The lowest BCUT2D eigenvalue weighted by Crippen LogP contribution is -2.33. The highest BCUT2D eigenvalue weighted by Crippen LogP contribution is 2.34. The molecule has 0 spiro atoms. The zero-order valence-electron chi connectivity index (χ0n) is 18.1. The molecule has 11 heteroatoms. The molecule has 0 amide bonds. The summed E-state index contributed by atoms with van der Waals surface area (Å²) in [7, 11) is 0. The average molecular weight is 487 g/mol. The van der Waals surface area contributed by atoms with Gasteiger partial charge in [0.25, 0.3) is 0 Å². The van der Waals surface area contributed by atoms with Gasteiger partial charge in [-0.2, -0.15) is 15.0 Å². The molecule has 6 nitrogen and oxygen atoms in total. The number of hydrogen-bond acceptors (Lipinski definition) is 6. The van der Waals surface area contributed by atoms with Crippen LogP contribution in [0.25, 0.3) is 11.5 Å². The van der Waals surface area contributed by atoms with Crippen LogP contribution in [0.4, 0.5) is 29.5 Å². The van der Waals surface area contributed by atoms with E-state index in [0.29, 0.717) is 50.2 Å². The molecule has 2 fully saturated rings. The van der Waals surface area contributed by atoms with E-state index in [4.69, 9.17) is 11.6 Å². The van der Waals surface area contributed by atoms with Crippen LogP contribution in [0.3, 0.4) is 0 Å². The molecule has 2 aromatic heterocycles. The summed E-state index contributed by atoms with van der Waals surface area (Å²) >= 11 is 6.02. The molecule has 0 saturated heterocycles. The van der Waals surface area contributed by atoms with Crippen molar-refractivity contribution in [2.75, 3.05) is 10.6 Å². The minimum Gasteiger partial charge on any atom is -0.351 e. The van der Waals surface area contributed by atoms with Gasteiger partial charge in [0.1, 0.15) is 10.8 Å². The van der Waals surface area contributed by atoms with E-state index < -0.39 is 11.8 Å². The molecular formula is C22H27ClF4N6. The van der Waals surface area contributed by atoms with Gasteiger partial charge in [0.2, 0.25) is 23.7 Å². The van der Waals surface area contributed by atoms with Crippen LogP contribution in [-0.4, -0.2) is 43.9 Å². The highest BCUT2D eigenvalue weighted by molar-refractivity contribution is 6.29. The number of halogens is 5. The Hall–Kier alpha value is -2.23. The van der Waals surface area contributed by atoms with Crippen LogP contribution in [0.5, 0.6) is 0 Å². The molecule has 2 saturated carbocycles. The van der Waals surface area contributed by atoms with Crippen molar-refractivity contribution in [3.63, 3.8) is 0 Å². The Kier molecular flexibility index (Phi) is 7.21. The van der Waals surface area contributed by atoms with E-state index in [0.717, 1.165) is 0 Å². The normalized spacial score (nSPS) is 21.7. The number of anilines is 2. The Morgan fingerprint density at radius 1 is 0.727 bits per heavy atom. The summed E-state index contributed by atoms with van der Waals surface area (Å²) < 4.78 is 54.4. The molecule has 0 aromatic carbocycles. The zero-order valence-corrected chi connectivity index (χ0v) is 18.9. The van der Waals surface area contributed by atoms with Gasteiger partial charge in [-0.3, -0.25) is 0 Å². The Morgan fingerprint density at radius 2 is 1.27 bits per heavy atom. The third-order valence-corrected chi connectivity index (χ3v) is 6.36. The van der Waals surface area contributed by atoms with Gasteiger partial charge < -0.3 is 10.6 Å². The topological polar surface area (TPSA) is 75.6 Å². The first kappa shape index (κ1) is 23.9. The van der Waals surface area contributed by atoms with Gasteiger partial charge in [0.05, 0.1) is 0 Å². The maximum absolute atomic E-state index is 13.7. The van der Waals surface area contributed by atoms with E-state index in [1.807, 2.05) is 0 Å². The fraction of sp³-hybridized carbons (Fsp3) is 0.636. The van der Waals surface area contributed by atoms with Crippen molar-refractivity contribution < 1.29 is 17.6 Å². The summed E-state index contributed by atoms with van der Waals surface area (Å²) in [6, 6.07) is 4.85. The van der Waals surface area contributed by atoms with Crippen LogP contribution in [0.2, 0.25) is 5.15 Å². The van der Waals surface area contributed by atoms with Crippen molar-refractivity contribution in [2.45, 2.75) is 88.1 Å². The van der Waals surface area contributed by atoms with E-state index in [2.05, 4.69) is 30.6 Å². The SMILES string of the molecule is FC1(F)CCCC(Nc2nc(NC3CCC(F)(F)CC3)nc(-c3cccc(Cl)n3)n2)CCC1. The number of pyridine rings is 1. The quantitative estimate of drug-likeness (QED) is 0.379. The molecule has 180 valence electrons. The third kappa shape index (κ3) is 6.88. The third-order valence-electron chi connectivity index (χ3n) is 6.15. The Labute approximate surface area is 195 Å². The molecular weight excluding hydrogens is 460 g/mol. The Bertz CT molecular complexity index is 938. The Morgan fingerprint density at radius 3 is 1.85 bits per heavy atom. The molecule has 0 radical (unpaired) electrons. The lowest BCUT2D eigenvalue weighted by atomic mass is 9.92. The van der Waals surface area contributed by atoms with Crippen LogP contribution in [0, 0.1) is 0 Å². The standard InChI is InChI=1S/C22H27ClF4N6/c23-17-7-1-6-16(30-17)18-31-19(28-14-4-2-10-21(24,25)11-3-5-14)33-20(32-18)29-15-8-12-22(26,27)13-9-15/h1,6-7,14-15H,2-5,8-13H2,(H2,28,29,31,32,33). The maximum Gasteiger partial charge on any atom is 0.248 e. The number of rotatable bonds is 5. The summed E-state index contributed by atoms with van der Waals surface area (Å²) in [6.45, 7) is 0. The molecule has 33 heavy (non-hydrogen) atoms. The molecule has 2 aliphatic carbocycles. The maximum atomic E-state index is 13.7. The van der Waals surface area contributed by atoms with Gasteiger partial charge in [0, 0.05) is 37.8 Å². The fourth-order valence-corrected chi connectivity index (χ4v) is 4.49. The van der Waals surface area contributed by atoms with Gasteiger partial charge in [-0.15, -0.1) is 0 Å². The summed E-state index contributed by atoms with van der Waals surface area (Å²) in [5.74, 6) is -4.39. The Balaban J connectivity index is 1.54. The van der Waals surface area contributed by atoms with Gasteiger partial charge in [-0.25, -0.2) is 22.5 Å². The van der Waals surface area contributed by atoms with Crippen LogP contribution >= 0.6 is 11.6 Å². The summed E-state index contributed by atoms with van der Waals surface area (Å²) in [5, 5.41) is 6.71. The lowest BCUT2D eigenvalue weighted by Gasteiger charge is -2.29. The summed E-state index contributed by atoms with van der Waals surface area (Å²) in [4.78, 5) is 17.6. The molecule has 0 aliphatic heterocycles. The molecule has 0 bridgehead atoms. The van der Waals surface area contributed by atoms with Gasteiger partial charge in [-0.1, -0.05) is 17.7 Å². The van der Waals surface area contributed by atoms with Crippen molar-refractivity contribution >= 4 is 23.5 Å². The number of nitrogens with zero attached hydrogens (tertiary/aromatic N) is 4. The molecule has 2 heterocycles. The predicted octanol–water partition coefficient (Wildman–Crippen LogP) is 6.35. The molecule has 2 N–H and O–H groups in total. The van der Waals surface area contributed by atoms with E-state index in [1.165, 1.54) is 0 Å². The minimum atomic E-state index is -2.63. The van der Waals surface area contributed by atoms with E-state index in [-0.39, 0.29) is 54.7 Å². The van der Waals surface area contributed by atoms with Crippen molar-refractivity contribution in [3.05, 3.63) is 23.4 Å². The van der Waals surface area contributed by atoms with Crippen molar-refractivity contribution in [3.8, 4) is 11.5 Å². The minimum absolute atomic E-state index is 0.0510. The average Bonchev–Trinajstić information content (AvgIpc) is 2.73. The second-order valence-electron chi connectivity index (χ2n) is 8.91. The van der Waals surface area contributed by atoms with E-state index >= 15 is 0 Å². The van der Waals surface area contributed by atoms with Crippen LogP contribution < -0.4 is 10.6 Å². The monoisotopic (exact) mass is 486 g/mol. The van der Waals surface area contributed by atoms with Gasteiger partial charge in [-0.05, 0) is 50.7 Å². The highest BCUT2D eigenvalue weighted by Gasteiger charge is 2.35. The van der Waals surface area contributed by atoms with Gasteiger partial charge in [0.15, 0.2) is 5.82 Å². The number of hydrogen-bond donors (Lipinski definition) is 2. The smallest absolute Gasteiger partial charge is 0.248 e. The number of alkyl halides is 4.